The third-order valence-electron chi connectivity index (χ3n) is 4.23. The van der Waals surface area contributed by atoms with Crippen molar-refractivity contribution in [2.75, 3.05) is 53.6 Å². The minimum Gasteiger partial charge on any atom is -0.383 e. The number of nitrogens with zero attached hydrogens (tertiary/aromatic N) is 1. The first-order valence-corrected chi connectivity index (χ1v) is 7.61. The van der Waals surface area contributed by atoms with E-state index in [4.69, 9.17) is 9.47 Å². The predicted molar refractivity (Wildman–Crippen MR) is 79.6 cm³/mol. The average Bonchev–Trinajstić information content (AvgIpc) is 2.40. The first kappa shape index (κ1) is 16.9. The van der Waals surface area contributed by atoms with Crippen LogP contribution >= 0.6 is 0 Å². The molecule has 1 rings (SSSR count). The number of ether oxygens (including phenoxy) is 2. The number of methoxy groups -OCH3 is 1. The highest BCUT2D eigenvalue weighted by molar-refractivity contribution is 4.87. The molecule has 1 aliphatic rings. The summed E-state index contributed by atoms with van der Waals surface area (Å²) in [4.78, 5) is 2.43. The third kappa shape index (κ3) is 5.78. The van der Waals surface area contributed by atoms with Crippen LogP contribution in [0.15, 0.2) is 0 Å². The molecule has 0 aliphatic carbocycles. The van der Waals surface area contributed by atoms with Crippen LogP contribution in [0.3, 0.4) is 0 Å². The summed E-state index contributed by atoms with van der Waals surface area (Å²) >= 11 is 0. The zero-order valence-electron chi connectivity index (χ0n) is 13.2. The predicted octanol–water partition coefficient (Wildman–Crippen LogP) is 1.75. The molecule has 1 fully saturated rings. The second-order valence-corrected chi connectivity index (χ2v) is 6.01. The first-order chi connectivity index (χ1) is 9.13. The number of hydrogen-bond acceptors (Lipinski definition) is 4. The van der Waals surface area contributed by atoms with Crippen LogP contribution in [0, 0.1) is 5.41 Å². The minimum absolute atomic E-state index is 0.365. The van der Waals surface area contributed by atoms with Crippen molar-refractivity contribution < 1.29 is 9.47 Å². The Morgan fingerprint density at radius 2 is 2.05 bits per heavy atom. The second kappa shape index (κ2) is 8.90. The zero-order chi connectivity index (χ0) is 14.1. The van der Waals surface area contributed by atoms with E-state index in [1.807, 2.05) is 0 Å². The van der Waals surface area contributed by atoms with Crippen LogP contribution in [-0.2, 0) is 9.47 Å². The van der Waals surface area contributed by atoms with E-state index in [0.717, 1.165) is 52.3 Å². The number of hydrogen-bond donors (Lipinski definition) is 1. The van der Waals surface area contributed by atoms with Gasteiger partial charge in [-0.1, -0.05) is 6.92 Å². The van der Waals surface area contributed by atoms with Gasteiger partial charge in [0.1, 0.15) is 0 Å². The average molecular weight is 272 g/mol. The fourth-order valence-electron chi connectivity index (χ4n) is 2.78. The van der Waals surface area contributed by atoms with Crippen LogP contribution in [0.5, 0.6) is 0 Å². The smallest absolute Gasteiger partial charge is 0.0615 e. The summed E-state index contributed by atoms with van der Waals surface area (Å²) in [7, 11) is 3.98. The Morgan fingerprint density at radius 3 is 2.63 bits per heavy atom. The summed E-state index contributed by atoms with van der Waals surface area (Å²) in [6.07, 6.45) is 3.52. The van der Waals surface area contributed by atoms with Crippen molar-refractivity contribution in [3.05, 3.63) is 0 Å². The summed E-state index contributed by atoms with van der Waals surface area (Å²) in [6.45, 7) is 10.4. The number of rotatable bonds is 9. The van der Waals surface area contributed by atoms with Crippen molar-refractivity contribution in [3.63, 3.8) is 0 Å². The molecule has 0 spiro atoms. The van der Waals surface area contributed by atoms with Crippen molar-refractivity contribution in [2.45, 2.75) is 39.2 Å². The quantitative estimate of drug-likeness (QED) is 0.648. The molecule has 0 saturated carbocycles. The van der Waals surface area contributed by atoms with Crippen molar-refractivity contribution in [1.29, 1.82) is 0 Å². The molecule has 0 aromatic heterocycles. The molecule has 1 unspecified atom stereocenters. The molecule has 0 radical (unpaired) electrons. The SMILES string of the molecule is CCCNCC1(CN(C)C(C)COC)CCOCC1. The van der Waals surface area contributed by atoms with Gasteiger partial charge in [0.25, 0.3) is 0 Å². The topological polar surface area (TPSA) is 33.7 Å². The Kier molecular flexibility index (Phi) is 7.91. The molecule has 19 heavy (non-hydrogen) atoms. The zero-order valence-corrected chi connectivity index (χ0v) is 13.2. The highest BCUT2D eigenvalue weighted by atomic mass is 16.5. The lowest BCUT2D eigenvalue weighted by molar-refractivity contribution is -0.0112. The number of likely N-dealkylation sites (N-methyl/N-ethyl adjacent to an activating group) is 1. The first-order valence-electron chi connectivity index (χ1n) is 7.61. The Balaban J connectivity index is 2.52. The van der Waals surface area contributed by atoms with Crippen LogP contribution < -0.4 is 5.32 Å². The lowest BCUT2D eigenvalue weighted by Gasteiger charge is -2.41. The molecule has 1 N–H and O–H groups in total. The van der Waals surface area contributed by atoms with E-state index in [0.29, 0.717) is 11.5 Å². The maximum absolute atomic E-state index is 5.55. The summed E-state index contributed by atoms with van der Waals surface area (Å²) in [6, 6.07) is 0.468. The van der Waals surface area contributed by atoms with E-state index in [9.17, 15) is 0 Å². The fraction of sp³-hybridized carbons (Fsp3) is 1.00. The standard InChI is InChI=1S/C15H32N2O2/c1-5-8-16-12-15(6-9-19-10-7-15)13-17(3)14(2)11-18-4/h14,16H,5-13H2,1-4H3. The van der Waals surface area contributed by atoms with Crippen LogP contribution in [0.2, 0.25) is 0 Å². The highest BCUT2D eigenvalue weighted by Gasteiger charge is 2.34. The monoisotopic (exact) mass is 272 g/mol. The molecule has 0 bridgehead atoms. The van der Waals surface area contributed by atoms with Gasteiger partial charge in [-0.3, -0.25) is 0 Å². The van der Waals surface area contributed by atoms with Gasteiger partial charge in [0.05, 0.1) is 6.61 Å². The fourth-order valence-corrected chi connectivity index (χ4v) is 2.78. The molecule has 1 heterocycles. The Labute approximate surface area is 118 Å². The van der Waals surface area contributed by atoms with Gasteiger partial charge in [0.2, 0.25) is 0 Å². The summed E-state index contributed by atoms with van der Waals surface area (Å²) in [5, 5.41) is 3.61. The van der Waals surface area contributed by atoms with Gasteiger partial charge < -0.3 is 19.7 Å². The molecule has 114 valence electrons. The van der Waals surface area contributed by atoms with Crippen molar-refractivity contribution in [1.82, 2.24) is 10.2 Å². The van der Waals surface area contributed by atoms with Gasteiger partial charge in [-0.05, 0) is 45.2 Å². The van der Waals surface area contributed by atoms with Gasteiger partial charge in [0.15, 0.2) is 0 Å². The summed E-state index contributed by atoms with van der Waals surface area (Å²) in [5.41, 5.74) is 0.365. The van der Waals surface area contributed by atoms with Gasteiger partial charge in [0, 0.05) is 39.5 Å². The van der Waals surface area contributed by atoms with E-state index < -0.39 is 0 Å². The van der Waals surface area contributed by atoms with Crippen molar-refractivity contribution >= 4 is 0 Å². The van der Waals surface area contributed by atoms with E-state index in [-0.39, 0.29) is 0 Å². The number of nitrogens with one attached hydrogen (secondary N) is 1. The lowest BCUT2D eigenvalue weighted by atomic mass is 9.79. The van der Waals surface area contributed by atoms with E-state index in [1.54, 1.807) is 7.11 Å². The van der Waals surface area contributed by atoms with Gasteiger partial charge in [-0.25, -0.2) is 0 Å². The van der Waals surface area contributed by atoms with E-state index in [1.165, 1.54) is 6.42 Å². The Bertz CT molecular complexity index is 230. The molecule has 1 atom stereocenters. The molecular formula is C15H32N2O2. The van der Waals surface area contributed by atoms with Crippen LogP contribution in [0.1, 0.15) is 33.1 Å². The minimum atomic E-state index is 0.365. The highest BCUT2D eigenvalue weighted by Crippen LogP contribution is 2.31. The summed E-state index contributed by atoms with van der Waals surface area (Å²) in [5.74, 6) is 0. The molecule has 0 aromatic carbocycles. The molecule has 0 amide bonds. The van der Waals surface area contributed by atoms with Crippen LogP contribution in [0.25, 0.3) is 0 Å². The lowest BCUT2D eigenvalue weighted by Crippen LogP contribution is -2.49. The Morgan fingerprint density at radius 1 is 1.37 bits per heavy atom. The van der Waals surface area contributed by atoms with Crippen molar-refractivity contribution in [3.8, 4) is 0 Å². The van der Waals surface area contributed by atoms with Crippen LogP contribution in [-0.4, -0.2) is 64.6 Å². The van der Waals surface area contributed by atoms with E-state index >= 15 is 0 Å². The second-order valence-electron chi connectivity index (χ2n) is 6.01. The van der Waals surface area contributed by atoms with Gasteiger partial charge in [-0.15, -0.1) is 0 Å². The van der Waals surface area contributed by atoms with E-state index in [2.05, 4.69) is 31.1 Å². The molecular weight excluding hydrogens is 240 g/mol. The Hall–Kier alpha value is -0.160. The van der Waals surface area contributed by atoms with Crippen LogP contribution in [0.4, 0.5) is 0 Å². The largest absolute Gasteiger partial charge is 0.383 e. The molecule has 4 heteroatoms. The molecule has 1 aliphatic heterocycles. The third-order valence-corrected chi connectivity index (χ3v) is 4.23. The van der Waals surface area contributed by atoms with Gasteiger partial charge >= 0.3 is 0 Å². The van der Waals surface area contributed by atoms with Crippen molar-refractivity contribution in [2.24, 2.45) is 5.41 Å². The molecule has 1 saturated heterocycles. The summed E-state index contributed by atoms with van der Waals surface area (Å²) < 4.78 is 10.8. The maximum atomic E-state index is 5.55. The molecule has 4 nitrogen and oxygen atoms in total. The molecule has 0 aromatic rings. The van der Waals surface area contributed by atoms with Gasteiger partial charge in [-0.2, -0.15) is 0 Å². The normalized spacial score (nSPS) is 20.7. The maximum Gasteiger partial charge on any atom is 0.0615 e.